The maximum atomic E-state index is 12.1. The summed E-state index contributed by atoms with van der Waals surface area (Å²) in [4.78, 5) is 37.5. The number of hydrogen-bond acceptors (Lipinski definition) is 4. The molecular weight excluding hydrogens is 298 g/mol. The third kappa shape index (κ3) is 3.13. The molecule has 0 spiro atoms. The van der Waals surface area contributed by atoms with Crippen LogP contribution in [0.3, 0.4) is 0 Å². The average molecular weight is 317 g/mol. The van der Waals surface area contributed by atoms with Gasteiger partial charge in [0.25, 0.3) is 0 Å². The number of nitrogens with zero attached hydrogens (tertiary/aromatic N) is 1. The van der Waals surface area contributed by atoms with Gasteiger partial charge in [-0.15, -0.1) is 0 Å². The van der Waals surface area contributed by atoms with Gasteiger partial charge in [0.15, 0.2) is 0 Å². The molecule has 0 radical (unpaired) electrons. The van der Waals surface area contributed by atoms with E-state index in [0.717, 1.165) is 5.56 Å². The molecule has 0 saturated carbocycles. The molecule has 2 N–H and O–H groups in total. The first-order chi connectivity index (χ1) is 10.9. The third-order valence-corrected chi connectivity index (χ3v) is 4.17. The number of aryl methyl sites for hydroxylation is 1. The Morgan fingerprint density at radius 2 is 2.00 bits per heavy atom. The lowest BCUT2D eigenvalue weighted by molar-refractivity contribution is -0.146. The molecule has 0 unspecified atom stereocenters. The summed E-state index contributed by atoms with van der Waals surface area (Å²) in [6.45, 7) is 3.93. The minimum absolute atomic E-state index is 0.120. The lowest BCUT2D eigenvalue weighted by Gasteiger charge is -2.32. The van der Waals surface area contributed by atoms with Gasteiger partial charge in [0, 0.05) is 6.54 Å². The van der Waals surface area contributed by atoms with Crippen molar-refractivity contribution in [3.63, 3.8) is 0 Å². The van der Waals surface area contributed by atoms with Gasteiger partial charge in [0.1, 0.15) is 17.8 Å². The Morgan fingerprint density at radius 3 is 2.70 bits per heavy atom. The first-order valence-electron chi connectivity index (χ1n) is 7.60. The number of nitrogens with one attached hydrogen (secondary N) is 2. The van der Waals surface area contributed by atoms with Crippen molar-refractivity contribution in [2.24, 2.45) is 0 Å². The maximum Gasteiger partial charge on any atom is 0.412 e. The number of fused-ring (bicyclic) bond motifs is 1. The highest BCUT2D eigenvalue weighted by molar-refractivity contribution is 5.97. The number of piperazine rings is 1. The van der Waals surface area contributed by atoms with Crippen LogP contribution in [0.1, 0.15) is 18.9 Å². The van der Waals surface area contributed by atoms with E-state index in [1.807, 2.05) is 19.1 Å². The van der Waals surface area contributed by atoms with E-state index >= 15 is 0 Å². The molecule has 1 aromatic carbocycles. The summed E-state index contributed by atoms with van der Waals surface area (Å²) in [5.41, 5.74) is 1.07. The van der Waals surface area contributed by atoms with Crippen molar-refractivity contribution in [2.75, 3.05) is 6.54 Å². The van der Waals surface area contributed by atoms with Crippen molar-refractivity contribution < 1.29 is 19.1 Å². The van der Waals surface area contributed by atoms with Crippen LogP contribution in [0.2, 0.25) is 0 Å². The minimum Gasteiger partial charge on any atom is -0.410 e. The van der Waals surface area contributed by atoms with Crippen molar-refractivity contribution in [1.29, 1.82) is 0 Å². The first-order valence-corrected chi connectivity index (χ1v) is 7.60. The van der Waals surface area contributed by atoms with Gasteiger partial charge in [-0.1, -0.05) is 17.7 Å². The van der Waals surface area contributed by atoms with E-state index in [-0.39, 0.29) is 17.9 Å². The molecular formula is C16H19N3O4. The molecule has 3 amide bonds. The molecule has 2 aliphatic heterocycles. The minimum atomic E-state index is -0.584. The summed E-state index contributed by atoms with van der Waals surface area (Å²) >= 11 is 0. The highest BCUT2D eigenvalue weighted by Crippen LogP contribution is 2.22. The molecule has 0 aromatic heterocycles. The van der Waals surface area contributed by atoms with Gasteiger partial charge in [-0.2, -0.15) is 0 Å². The van der Waals surface area contributed by atoms with E-state index in [1.54, 1.807) is 19.1 Å². The lowest BCUT2D eigenvalue weighted by atomic mass is 10.1. The normalized spacial score (nSPS) is 26.5. The number of carbonyl (C=O) groups is 3. The molecule has 3 rings (SSSR count). The fourth-order valence-electron chi connectivity index (χ4n) is 2.96. The van der Waals surface area contributed by atoms with Crippen molar-refractivity contribution in [3.8, 4) is 5.75 Å². The standard InChI is InChI=1S/C16H19N3O4/c1-9-3-5-12(6-4-9)23-16(22)18-11-7-13-14(20)17-10(2)15(21)19(13)8-11/h3-6,10-11,13H,7-8H2,1-2H3,(H,17,20)(H,18,22)/t10-,11+,13+/m1/s1. The second kappa shape index (κ2) is 5.91. The molecule has 23 heavy (non-hydrogen) atoms. The van der Waals surface area contributed by atoms with Crippen LogP contribution in [-0.2, 0) is 9.59 Å². The lowest BCUT2D eigenvalue weighted by Crippen LogP contribution is -2.60. The van der Waals surface area contributed by atoms with Gasteiger partial charge >= 0.3 is 6.09 Å². The molecule has 2 heterocycles. The summed E-state index contributed by atoms with van der Waals surface area (Å²) in [6, 6.07) is 5.81. The SMILES string of the molecule is Cc1ccc(OC(=O)N[C@H]2C[C@H]3C(=O)N[C@H](C)C(=O)N3C2)cc1. The molecule has 7 nitrogen and oxygen atoms in total. The Morgan fingerprint density at radius 1 is 1.30 bits per heavy atom. The Balaban J connectivity index is 1.59. The fraction of sp³-hybridized carbons (Fsp3) is 0.438. The molecule has 0 bridgehead atoms. The predicted octanol–water partition coefficient (Wildman–Crippen LogP) is 0.571. The number of hydrogen-bond donors (Lipinski definition) is 2. The van der Waals surface area contributed by atoms with E-state index in [1.165, 1.54) is 4.90 Å². The quantitative estimate of drug-likeness (QED) is 0.835. The van der Waals surface area contributed by atoms with E-state index < -0.39 is 18.2 Å². The van der Waals surface area contributed by atoms with E-state index in [2.05, 4.69) is 10.6 Å². The van der Waals surface area contributed by atoms with E-state index in [0.29, 0.717) is 18.7 Å². The van der Waals surface area contributed by atoms with Crippen LogP contribution in [-0.4, -0.2) is 47.5 Å². The molecule has 2 fully saturated rings. The second-order valence-electron chi connectivity index (χ2n) is 6.02. The highest BCUT2D eigenvalue weighted by atomic mass is 16.6. The average Bonchev–Trinajstić information content (AvgIpc) is 2.92. The number of amides is 3. The molecule has 0 aliphatic carbocycles. The zero-order chi connectivity index (χ0) is 16.6. The Bertz CT molecular complexity index is 643. The summed E-state index contributed by atoms with van der Waals surface area (Å²) in [7, 11) is 0. The zero-order valence-corrected chi connectivity index (χ0v) is 13.0. The number of rotatable bonds is 2. The predicted molar refractivity (Wildman–Crippen MR) is 81.8 cm³/mol. The van der Waals surface area contributed by atoms with Crippen LogP contribution in [0.5, 0.6) is 5.75 Å². The topological polar surface area (TPSA) is 87.7 Å². The van der Waals surface area contributed by atoms with Crippen LogP contribution < -0.4 is 15.4 Å². The maximum absolute atomic E-state index is 12.1. The van der Waals surface area contributed by atoms with Gasteiger partial charge in [0.2, 0.25) is 11.8 Å². The molecule has 1 aromatic rings. The molecule has 2 saturated heterocycles. The van der Waals surface area contributed by atoms with Crippen molar-refractivity contribution in [1.82, 2.24) is 15.5 Å². The van der Waals surface area contributed by atoms with Gasteiger partial charge in [-0.05, 0) is 32.4 Å². The summed E-state index contributed by atoms with van der Waals surface area (Å²) in [5, 5.41) is 5.36. The van der Waals surface area contributed by atoms with Gasteiger partial charge in [0.05, 0.1) is 6.04 Å². The molecule has 7 heteroatoms. The van der Waals surface area contributed by atoms with Crippen molar-refractivity contribution in [3.05, 3.63) is 29.8 Å². The molecule has 122 valence electrons. The van der Waals surface area contributed by atoms with Gasteiger partial charge in [-0.3, -0.25) is 9.59 Å². The van der Waals surface area contributed by atoms with Crippen molar-refractivity contribution in [2.45, 2.75) is 38.4 Å². The van der Waals surface area contributed by atoms with Gasteiger partial charge in [-0.25, -0.2) is 4.79 Å². The third-order valence-electron chi connectivity index (χ3n) is 4.17. The van der Waals surface area contributed by atoms with Crippen LogP contribution in [0.4, 0.5) is 4.79 Å². The summed E-state index contributed by atoms with van der Waals surface area (Å²) < 4.78 is 5.21. The number of ether oxygens (including phenoxy) is 1. The largest absolute Gasteiger partial charge is 0.412 e. The summed E-state index contributed by atoms with van der Waals surface area (Å²) in [6.07, 6.45) is -0.188. The van der Waals surface area contributed by atoms with Crippen LogP contribution in [0.25, 0.3) is 0 Å². The van der Waals surface area contributed by atoms with E-state index in [4.69, 9.17) is 4.74 Å². The van der Waals surface area contributed by atoms with Crippen molar-refractivity contribution >= 4 is 17.9 Å². The van der Waals surface area contributed by atoms with Gasteiger partial charge < -0.3 is 20.3 Å². The monoisotopic (exact) mass is 317 g/mol. The number of benzene rings is 1. The Hall–Kier alpha value is -2.57. The Kier molecular flexibility index (Phi) is 3.94. The zero-order valence-electron chi connectivity index (χ0n) is 13.0. The van der Waals surface area contributed by atoms with Crippen LogP contribution in [0.15, 0.2) is 24.3 Å². The fourth-order valence-corrected chi connectivity index (χ4v) is 2.96. The first kappa shape index (κ1) is 15.3. The molecule has 3 atom stereocenters. The number of carbonyl (C=O) groups excluding carboxylic acids is 3. The summed E-state index contributed by atoms with van der Waals surface area (Å²) in [5.74, 6) is 0.158. The van der Waals surface area contributed by atoms with Crippen LogP contribution >= 0.6 is 0 Å². The smallest absolute Gasteiger partial charge is 0.410 e. The Labute approximate surface area is 134 Å². The van der Waals surface area contributed by atoms with E-state index in [9.17, 15) is 14.4 Å². The van der Waals surface area contributed by atoms with Crippen LogP contribution in [0, 0.1) is 6.92 Å². The second-order valence-corrected chi connectivity index (χ2v) is 6.02. The molecule has 2 aliphatic rings. The highest BCUT2D eigenvalue weighted by Gasteiger charge is 2.45.